The van der Waals surface area contributed by atoms with Gasteiger partial charge in [0, 0.05) is 5.69 Å². The van der Waals surface area contributed by atoms with Crippen molar-refractivity contribution in [2.24, 2.45) is 0 Å². The van der Waals surface area contributed by atoms with Gasteiger partial charge in [-0.05, 0) is 42.8 Å². The van der Waals surface area contributed by atoms with Crippen LogP contribution in [0.25, 0.3) is 0 Å². The zero-order chi connectivity index (χ0) is 21.6. The van der Waals surface area contributed by atoms with Crippen LogP contribution in [-0.4, -0.2) is 51.8 Å². The number of hydrogen-bond donors (Lipinski definition) is 2. The molecule has 162 valence electrons. The van der Waals surface area contributed by atoms with E-state index in [9.17, 15) is 18.0 Å². The summed E-state index contributed by atoms with van der Waals surface area (Å²) >= 11 is 0. The molecule has 3 rings (SSSR count). The summed E-state index contributed by atoms with van der Waals surface area (Å²) in [6.45, 7) is 5.78. The first-order valence-corrected chi connectivity index (χ1v) is 10.0. The minimum absolute atomic E-state index is 0.0506. The van der Waals surface area contributed by atoms with E-state index in [0.717, 1.165) is 22.3 Å². The van der Waals surface area contributed by atoms with Gasteiger partial charge in [-0.1, -0.05) is 18.2 Å². The highest BCUT2D eigenvalue weighted by Crippen LogP contribution is 2.31. The Bertz CT molecular complexity index is 850. The van der Waals surface area contributed by atoms with Crippen molar-refractivity contribution < 1.29 is 27.6 Å². The summed E-state index contributed by atoms with van der Waals surface area (Å²) in [6.07, 6.45) is -4.34. The molecule has 1 saturated heterocycles. The van der Waals surface area contributed by atoms with Crippen molar-refractivity contribution in [2.75, 3.05) is 50.8 Å². The summed E-state index contributed by atoms with van der Waals surface area (Å²) in [5, 5.41) is 2.86. The lowest BCUT2D eigenvalue weighted by atomic mass is 10.1. The number of anilines is 1. The van der Waals surface area contributed by atoms with Crippen LogP contribution in [0.4, 0.5) is 18.9 Å². The average Bonchev–Trinajstić information content (AvgIpc) is 2.71. The van der Waals surface area contributed by atoms with E-state index >= 15 is 0 Å². The molecule has 0 aliphatic carbocycles. The van der Waals surface area contributed by atoms with Crippen molar-refractivity contribution >= 4 is 11.6 Å². The number of nitrogens with one attached hydrogen (secondary N) is 2. The van der Waals surface area contributed by atoms with Gasteiger partial charge < -0.3 is 19.9 Å². The van der Waals surface area contributed by atoms with Gasteiger partial charge in [-0.2, -0.15) is 13.2 Å². The second-order valence-corrected chi connectivity index (χ2v) is 7.48. The molecule has 0 spiro atoms. The average molecular weight is 422 g/mol. The minimum Gasteiger partial charge on any atom is -0.492 e. The third-order valence-electron chi connectivity index (χ3n) is 5.10. The molecule has 0 aromatic heterocycles. The number of amides is 1. The number of halogens is 3. The zero-order valence-electron chi connectivity index (χ0n) is 17.0. The molecule has 0 unspecified atom stereocenters. The van der Waals surface area contributed by atoms with Crippen molar-refractivity contribution in [3.63, 3.8) is 0 Å². The van der Waals surface area contributed by atoms with Gasteiger partial charge in [0.25, 0.3) is 5.91 Å². The zero-order valence-corrected chi connectivity index (χ0v) is 17.0. The third-order valence-corrected chi connectivity index (χ3v) is 5.10. The summed E-state index contributed by atoms with van der Waals surface area (Å²) in [4.78, 5) is 15.2. The maximum atomic E-state index is 12.9. The van der Waals surface area contributed by atoms with Crippen LogP contribution in [0, 0.1) is 6.92 Å². The van der Waals surface area contributed by atoms with Crippen LogP contribution in [0.3, 0.4) is 0 Å². The molecule has 1 fully saturated rings. The molecule has 0 bridgehead atoms. The fourth-order valence-electron chi connectivity index (χ4n) is 3.49. The van der Waals surface area contributed by atoms with E-state index < -0.39 is 11.7 Å². The van der Waals surface area contributed by atoms with Gasteiger partial charge in [0.2, 0.25) is 0 Å². The molecule has 5 nitrogen and oxygen atoms in total. The largest absolute Gasteiger partial charge is 0.492 e. The fourth-order valence-corrected chi connectivity index (χ4v) is 3.49. The molecule has 0 radical (unpaired) electrons. The maximum absolute atomic E-state index is 12.9. The van der Waals surface area contributed by atoms with E-state index in [1.807, 2.05) is 36.1 Å². The van der Waals surface area contributed by atoms with Crippen LogP contribution in [0.2, 0.25) is 0 Å². The van der Waals surface area contributed by atoms with Crippen molar-refractivity contribution in [3.05, 3.63) is 59.7 Å². The summed E-state index contributed by atoms with van der Waals surface area (Å²) in [5.41, 5.74) is 1.05. The van der Waals surface area contributed by atoms with Gasteiger partial charge in [0.1, 0.15) is 12.4 Å². The van der Waals surface area contributed by atoms with Crippen molar-refractivity contribution in [1.82, 2.24) is 5.32 Å². The first kappa shape index (κ1) is 22.0. The highest BCUT2D eigenvalue weighted by atomic mass is 19.4. The van der Waals surface area contributed by atoms with Crippen LogP contribution in [0.15, 0.2) is 48.5 Å². The van der Waals surface area contributed by atoms with Gasteiger partial charge in [0.15, 0.2) is 6.54 Å². The number of alkyl halides is 3. The molecule has 1 amide bonds. The number of rotatable bonds is 7. The van der Waals surface area contributed by atoms with E-state index in [1.54, 1.807) is 6.07 Å². The summed E-state index contributed by atoms with van der Waals surface area (Å²) in [7, 11) is 0. The number of quaternary nitrogens is 1. The summed E-state index contributed by atoms with van der Waals surface area (Å²) in [5.74, 6) is 0.728. The number of carbonyl (C=O) groups is 1. The standard InChI is InChI=1S/C22H26F3N3O2/c1-17-4-2-7-20(14-17)30-13-8-26-21(29)16-27-9-11-28(12-10-27)19-6-3-5-18(15-19)22(23,24)25/h2-7,14-15H,8-13,16H2,1H3,(H,26,29)/p+1. The second-order valence-electron chi connectivity index (χ2n) is 7.48. The number of piperazine rings is 1. The molecule has 2 N–H and O–H groups in total. The first-order chi connectivity index (χ1) is 14.3. The number of carbonyl (C=O) groups excluding carboxylic acids is 1. The topological polar surface area (TPSA) is 46.0 Å². The smallest absolute Gasteiger partial charge is 0.416 e. The number of aryl methyl sites for hydroxylation is 1. The molecule has 30 heavy (non-hydrogen) atoms. The second kappa shape index (κ2) is 9.84. The molecule has 1 aliphatic heterocycles. The number of nitrogens with zero attached hydrogens (tertiary/aromatic N) is 1. The van der Waals surface area contributed by atoms with Gasteiger partial charge in [-0.15, -0.1) is 0 Å². The van der Waals surface area contributed by atoms with Crippen LogP contribution in [0.1, 0.15) is 11.1 Å². The quantitative estimate of drug-likeness (QED) is 0.671. The van der Waals surface area contributed by atoms with E-state index in [1.165, 1.54) is 12.1 Å². The van der Waals surface area contributed by atoms with Crippen LogP contribution in [0.5, 0.6) is 5.75 Å². The SMILES string of the molecule is Cc1cccc(OCCNC(=O)C[NH+]2CCN(c3cccc(C(F)(F)F)c3)CC2)c1. The van der Waals surface area contributed by atoms with Gasteiger partial charge in [0.05, 0.1) is 38.3 Å². The third kappa shape index (κ3) is 6.38. The highest BCUT2D eigenvalue weighted by molar-refractivity contribution is 5.76. The lowest BCUT2D eigenvalue weighted by Gasteiger charge is -2.33. The minimum atomic E-state index is -4.34. The monoisotopic (exact) mass is 422 g/mol. The van der Waals surface area contributed by atoms with Crippen LogP contribution in [-0.2, 0) is 11.0 Å². The number of ether oxygens (including phenoxy) is 1. The van der Waals surface area contributed by atoms with Crippen molar-refractivity contribution in [1.29, 1.82) is 0 Å². The van der Waals surface area contributed by atoms with E-state index in [4.69, 9.17) is 4.74 Å². The fraction of sp³-hybridized carbons (Fsp3) is 0.409. The Labute approximate surface area is 174 Å². The summed E-state index contributed by atoms with van der Waals surface area (Å²) < 4.78 is 44.3. The van der Waals surface area contributed by atoms with Gasteiger partial charge in [-0.3, -0.25) is 4.79 Å². The maximum Gasteiger partial charge on any atom is 0.416 e. The first-order valence-electron chi connectivity index (χ1n) is 10.0. The predicted octanol–water partition coefficient (Wildman–Crippen LogP) is 1.91. The molecule has 0 atom stereocenters. The molecule has 2 aromatic rings. The Morgan fingerprint density at radius 2 is 1.87 bits per heavy atom. The van der Waals surface area contributed by atoms with Gasteiger partial charge in [-0.25, -0.2) is 0 Å². The highest BCUT2D eigenvalue weighted by Gasteiger charge is 2.31. The Morgan fingerprint density at radius 1 is 1.13 bits per heavy atom. The Morgan fingerprint density at radius 3 is 2.57 bits per heavy atom. The van der Waals surface area contributed by atoms with Crippen molar-refractivity contribution in [3.8, 4) is 5.75 Å². The Balaban J connectivity index is 1.37. The number of hydrogen-bond acceptors (Lipinski definition) is 3. The van der Waals surface area contributed by atoms with E-state index in [0.29, 0.717) is 51.6 Å². The van der Waals surface area contributed by atoms with Crippen LogP contribution >= 0.6 is 0 Å². The lowest BCUT2D eigenvalue weighted by molar-refractivity contribution is -0.892. The lowest BCUT2D eigenvalue weighted by Crippen LogP contribution is -3.16. The van der Waals surface area contributed by atoms with E-state index in [-0.39, 0.29) is 5.91 Å². The molecule has 2 aromatic carbocycles. The van der Waals surface area contributed by atoms with Crippen LogP contribution < -0.4 is 19.9 Å². The number of benzene rings is 2. The van der Waals surface area contributed by atoms with E-state index in [2.05, 4.69) is 5.32 Å². The van der Waals surface area contributed by atoms with Crippen molar-refractivity contribution in [2.45, 2.75) is 13.1 Å². The van der Waals surface area contributed by atoms with Gasteiger partial charge >= 0.3 is 6.18 Å². The predicted molar refractivity (Wildman–Crippen MR) is 109 cm³/mol. The molecule has 8 heteroatoms. The Hall–Kier alpha value is -2.74. The molecule has 1 aliphatic rings. The molecule has 0 saturated carbocycles. The Kier molecular flexibility index (Phi) is 7.20. The summed E-state index contributed by atoms with van der Waals surface area (Å²) in [6, 6.07) is 13.1. The molecular weight excluding hydrogens is 395 g/mol. The molecular formula is C22H27F3N3O2+. The molecule has 1 heterocycles. The normalized spacial score (nSPS) is 15.1.